The van der Waals surface area contributed by atoms with Gasteiger partial charge in [-0.3, -0.25) is 0 Å². The molecule has 100 valence electrons. The van der Waals surface area contributed by atoms with Gasteiger partial charge in [-0.05, 0) is 43.9 Å². The molecule has 0 bridgehead atoms. The highest BCUT2D eigenvalue weighted by molar-refractivity contribution is 6.30. The number of rotatable bonds is 8. The van der Waals surface area contributed by atoms with Gasteiger partial charge in [0.1, 0.15) is 5.82 Å². The number of benzene rings is 1. The maximum Gasteiger partial charge on any atom is 0.145 e. The molecule has 1 nitrogen and oxygen atoms in total. The first kappa shape index (κ1) is 15.2. The summed E-state index contributed by atoms with van der Waals surface area (Å²) >= 11 is 5.79. The van der Waals surface area contributed by atoms with Gasteiger partial charge >= 0.3 is 0 Å². The lowest BCUT2D eigenvalue weighted by Crippen LogP contribution is -2.32. The van der Waals surface area contributed by atoms with Crippen molar-refractivity contribution >= 4 is 11.6 Å². The lowest BCUT2D eigenvalue weighted by Gasteiger charge is -2.18. The van der Waals surface area contributed by atoms with Crippen molar-refractivity contribution in [3.63, 3.8) is 0 Å². The van der Waals surface area contributed by atoms with Crippen LogP contribution in [-0.4, -0.2) is 12.6 Å². The average molecular weight is 270 g/mol. The fourth-order valence-electron chi connectivity index (χ4n) is 1.92. The van der Waals surface area contributed by atoms with E-state index in [9.17, 15) is 4.39 Å². The fraction of sp³-hybridized carbons (Fsp3) is 0.467. The van der Waals surface area contributed by atoms with Gasteiger partial charge in [0.05, 0.1) is 5.02 Å². The minimum atomic E-state index is -0.291. The average Bonchev–Trinajstić information content (AvgIpc) is 2.38. The first-order valence-electron chi connectivity index (χ1n) is 6.46. The number of halogens is 2. The first-order valence-corrected chi connectivity index (χ1v) is 6.84. The molecule has 1 aromatic rings. The van der Waals surface area contributed by atoms with Crippen molar-refractivity contribution < 1.29 is 4.39 Å². The van der Waals surface area contributed by atoms with Gasteiger partial charge < -0.3 is 5.32 Å². The predicted molar refractivity (Wildman–Crippen MR) is 76.6 cm³/mol. The molecule has 1 aromatic carbocycles. The third kappa shape index (κ3) is 4.79. The second kappa shape index (κ2) is 8.28. The molecule has 0 radical (unpaired) electrons. The molecule has 1 N–H and O–H groups in total. The Labute approximate surface area is 114 Å². The monoisotopic (exact) mass is 269 g/mol. The zero-order chi connectivity index (χ0) is 13.4. The van der Waals surface area contributed by atoms with Crippen LogP contribution in [0, 0.1) is 5.82 Å². The van der Waals surface area contributed by atoms with E-state index in [2.05, 4.69) is 18.8 Å². The van der Waals surface area contributed by atoms with E-state index in [4.69, 9.17) is 11.6 Å². The van der Waals surface area contributed by atoms with Crippen LogP contribution >= 0.6 is 11.6 Å². The molecule has 0 aliphatic rings. The van der Waals surface area contributed by atoms with Gasteiger partial charge in [-0.25, -0.2) is 4.39 Å². The van der Waals surface area contributed by atoms with Gasteiger partial charge in [0.15, 0.2) is 0 Å². The van der Waals surface area contributed by atoms with Crippen LogP contribution in [0.1, 0.15) is 31.7 Å². The zero-order valence-corrected chi connectivity index (χ0v) is 11.6. The topological polar surface area (TPSA) is 12.0 Å². The standard InChI is InChI=1S/C15H21ClFN/c1-3-5-8-13(18-10-4-2)11-12-7-6-9-14(16)15(12)17/h3,6-7,9,13,18H,1,4-5,8,10-11H2,2H3. The normalized spacial score (nSPS) is 12.4. The van der Waals surface area contributed by atoms with Crippen LogP contribution in [0.15, 0.2) is 30.9 Å². The molecule has 1 unspecified atom stereocenters. The summed E-state index contributed by atoms with van der Waals surface area (Å²) in [7, 11) is 0. The Hall–Kier alpha value is -0.860. The van der Waals surface area contributed by atoms with E-state index in [1.165, 1.54) is 0 Å². The van der Waals surface area contributed by atoms with E-state index in [0.29, 0.717) is 12.0 Å². The van der Waals surface area contributed by atoms with Gasteiger partial charge in [-0.2, -0.15) is 0 Å². The summed E-state index contributed by atoms with van der Waals surface area (Å²) in [5.41, 5.74) is 0.681. The van der Waals surface area contributed by atoms with Crippen LogP contribution in [-0.2, 0) is 6.42 Å². The van der Waals surface area contributed by atoms with Gasteiger partial charge in [0.2, 0.25) is 0 Å². The summed E-state index contributed by atoms with van der Waals surface area (Å²) in [6.45, 7) is 6.80. The third-order valence-electron chi connectivity index (χ3n) is 2.90. The van der Waals surface area contributed by atoms with Crippen molar-refractivity contribution in [1.29, 1.82) is 0 Å². The molecule has 0 aromatic heterocycles. The smallest absolute Gasteiger partial charge is 0.145 e. The number of nitrogens with one attached hydrogen (secondary N) is 1. The maximum absolute atomic E-state index is 13.8. The molecule has 3 heteroatoms. The summed E-state index contributed by atoms with van der Waals surface area (Å²) in [6, 6.07) is 5.45. The second-order valence-corrected chi connectivity index (χ2v) is 4.84. The van der Waals surface area contributed by atoms with E-state index in [-0.39, 0.29) is 16.9 Å². The summed E-state index contributed by atoms with van der Waals surface area (Å²) in [4.78, 5) is 0. The van der Waals surface area contributed by atoms with Crippen LogP contribution in [0.25, 0.3) is 0 Å². The van der Waals surface area contributed by atoms with Crippen LogP contribution in [0.4, 0.5) is 4.39 Å². The van der Waals surface area contributed by atoms with E-state index < -0.39 is 0 Å². The molecular formula is C15H21ClFN. The Morgan fingerprint density at radius 3 is 2.94 bits per heavy atom. The molecule has 0 heterocycles. The van der Waals surface area contributed by atoms with Crippen molar-refractivity contribution in [2.45, 2.75) is 38.6 Å². The highest BCUT2D eigenvalue weighted by Gasteiger charge is 2.12. The Morgan fingerprint density at radius 1 is 1.50 bits per heavy atom. The van der Waals surface area contributed by atoms with Crippen molar-refractivity contribution in [2.24, 2.45) is 0 Å². The SMILES string of the molecule is C=CCCC(Cc1cccc(Cl)c1F)NCCC. The molecular weight excluding hydrogens is 249 g/mol. The Kier molecular flexibility index (Phi) is 6.99. The van der Waals surface area contributed by atoms with Gasteiger partial charge in [0, 0.05) is 6.04 Å². The largest absolute Gasteiger partial charge is 0.314 e. The lowest BCUT2D eigenvalue weighted by molar-refractivity contribution is 0.471. The number of allylic oxidation sites excluding steroid dienone is 1. The quantitative estimate of drug-likeness (QED) is 0.692. The molecule has 1 atom stereocenters. The van der Waals surface area contributed by atoms with Gasteiger partial charge in [-0.15, -0.1) is 6.58 Å². The number of hydrogen-bond donors (Lipinski definition) is 1. The molecule has 0 amide bonds. The molecule has 0 aliphatic heterocycles. The maximum atomic E-state index is 13.8. The Morgan fingerprint density at radius 2 is 2.28 bits per heavy atom. The van der Waals surface area contributed by atoms with Gasteiger partial charge in [-0.1, -0.05) is 36.7 Å². The van der Waals surface area contributed by atoms with Gasteiger partial charge in [0.25, 0.3) is 0 Å². The predicted octanol–water partition coefficient (Wildman–Crippen LogP) is 4.36. The summed E-state index contributed by atoms with van der Waals surface area (Å²) in [5, 5.41) is 3.64. The summed E-state index contributed by atoms with van der Waals surface area (Å²) in [6.07, 6.45) is 5.54. The second-order valence-electron chi connectivity index (χ2n) is 4.43. The Balaban J connectivity index is 2.68. The van der Waals surface area contributed by atoms with Crippen LogP contribution in [0.5, 0.6) is 0 Å². The Bertz CT molecular complexity index is 379. The van der Waals surface area contributed by atoms with E-state index in [1.807, 2.05) is 6.08 Å². The highest BCUT2D eigenvalue weighted by atomic mass is 35.5. The molecule has 0 aliphatic carbocycles. The van der Waals surface area contributed by atoms with Crippen molar-refractivity contribution in [3.8, 4) is 0 Å². The van der Waals surface area contributed by atoms with E-state index >= 15 is 0 Å². The molecule has 1 rings (SSSR count). The summed E-state index contributed by atoms with van der Waals surface area (Å²) < 4.78 is 13.8. The third-order valence-corrected chi connectivity index (χ3v) is 3.19. The molecule has 0 saturated carbocycles. The van der Waals surface area contributed by atoms with Crippen molar-refractivity contribution in [2.75, 3.05) is 6.54 Å². The minimum absolute atomic E-state index is 0.200. The minimum Gasteiger partial charge on any atom is -0.314 e. The first-order chi connectivity index (χ1) is 8.69. The van der Waals surface area contributed by atoms with Crippen molar-refractivity contribution in [3.05, 3.63) is 47.3 Å². The molecule has 0 fully saturated rings. The zero-order valence-electron chi connectivity index (χ0n) is 10.9. The molecule has 0 spiro atoms. The van der Waals surface area contributed by atoms with Crippen LogP contribution in [0.3, 0.4) is 0 Å². The van der Waals surface area contributed by atoms with E-state index in [1.54, 1.807) is 18.2 Å². The number of hydrogen-bond acceptors (Lipinski definition) is 1. The summed E-state index contributed by atoms with van der Waals surface area (Å²) in [5.74, 6) is -0.291. The van der Waals surface area contributed by atoms with Crippen LogP contribution in [0.2, 0.25) is 5.02 Å². The van der Waals surface area contributed by atoms with Crippen LogP contribution < -0.4 is 5.32 Å². The van der Waals surface area contributed by atoms with Crippen molar-refractivity contribution in [1.82, 2.24) is 5.32 Å². The van der Waals surface area contributed by atoms with E-state index in [0.717, 1.165) is 25.8 Å². The fourth-order valence-corrected chi connectivity index (χ4v) is 2.11. The molecule has 18 heavy (non-hydrogen) atoms. The highest BCUT2D eigenvalue weighted by Crippen LogP contribution is 2.20. The molecule has 0 saturated heterocycles. The lowest BCUT2D eigenvalue weighted by atomic mass is 10.0.